The fraction of sp³-hybridized carbons (Fsp3) is 0.800. The van der Waals surface area contributed by atoms with E-state index in [9.17, 15) is 14.4 Å². The van der Waals surface area contributed by atoms with E-state index in [1.54, 1.807) is 0 Å². The van der Waals surface area contributed by atoms with Gasteiger partial charge in [0.1, 0.15) is 13.2 Å². The standard InChI is InChI=1S/C75H134O6/c1-4-7-10-13-16-19-22-25-27-29-31-33-35-37-39-41-43-45-47-50-53-56-59-62-65-68-74(77)80-71-72(70-79-73(76)67-64-61-58-55-52-49-24-21-18-15-12-9-6-3)81-75(78)69-66-63-60-57-54-51-48-46-44-42-40-38-36-34-32-30-28-26-23-20-17-14-11-8-5-2/h9,12,18,21-22,25,29,31,49,52,58,61,72H,4-8,10-11,13-17,19-20,23-24,26-28,30,32-48,50-51,53-57,59-60,62-71H2,1-3H3/b12-9-,21-18-,25-22-,31-29-,52-49-,61-58-. The zero-order valence-electron chi connectivity index (χ0n) is 54.1. The van der Waals surface area contributed by atoms with E-state index in [-0.39, 0.29) is 37.5 Å². The van der Waals surface area contributed by atoms with Crippen LogP contribution in [0.5, 0.6) is 0 Å². The van der Waals surface area contributed by atoms with E-state index in [4.69, 9.17) is 14.2 Å². The van der Waals surface area contributed by atoms with Crippen molar-refractivity contribution < 1.29 is 28.6 Å². The number of unbranched alkanes of at least 4 members (excludes halogenated alkanes) is 42. The number of hydrogen-bond acceptors (Lipinski definition) is 6. The molecule has 1 unspecified atom stereocenters. The molecular formula is C75H134O6. The predicted octanol–water partition coefficient (Wildman–Crippen LogP) is 24.4. The number of hydrogen-bond donors (Lipinski definition) is 0. The molecule has 0 aromatic heterocycles. The Morgan fingerprint density at radius 3 is 0.827 bits per heavy atom. The number of carbonyl (C=O) groups is 3. The number of ether oxygens (including phenoxy) is 3. The molecule has 6 heteroatoms. The first-order valence-corrected chi connectivity index (χ1v) is 35.4. The van der Waals surface area contributed by atoms with Gasteiger partial charge in [-0.05, 0) is 77.0 Å². The van der Waals surface area contributed by atoms with Crippen molar-refractivity contribution in [2.45, 2.75) is 374 Å². The summed E-state index contributed by atoms with van der Waals surface area (Å²) < 4.78 is 16.9. The summed E-state index contributed by atoms with van der Waals surface area (Å²) in [6.45, 7) is 6.51. The van der Waals surface area contributed by atoms with Gasteiger partial charge in [0.15, 0.2) is 6.10 Å². The zero-order valence-corrected chi connectivity index (χ0v) is 54.1. The molecule has 0 aliphatic carbocycles. The molecule has 0 aromatic carbocycles. The summed E-state index contributed by atoms with van der Waals surface area (Å²) in [5.74, 6) is -0.959. The first-order chi connectivity index (χ1) is 40.0. The molecule has 0 aliphatic rings. The van der Waals surface area contributed by atoms with Crippen molar-refractivity contribution in [3.8, 4) is 0 Å². The van der Waals surface area contributed by atoms with Crippen molar-refractivity contribution >= 4 is 17.9 Å². The Hall–Kier alpha value is -3.15. The van der Waals surface area contributed by atoms with Crippen LogP contribution >= 0.6 is 0 Å². The van der Waals surface area contributed by atoms with Crippen LogP contribution in [0.1, 0.15) is 367 Å². The van der Waals surface area contributed by atoms with Gasteiger partial charge in [-0.1, -0.05) is 344 Å². The molecule has 0 heterocycles. The quantitative estimate of drug-likeness (QED) is 0.0261. The minimum Gasteiger partial charge on any atom is -0.462 e. The fourth-order valence-electron chi connectivity index (χ4n) is 10.4. The molecule has 0 amide bonds. The van der Waals surface area contributed by atoms with Crippen LogP contribution in [0.4, 0.5) is 0 Å². The minimum atomic E-state index is -0.804. The zero-order chi connectivity index (χ0) is 58.5. The molecule has 0 aromatic rings. The Labute approximate surface area is 503 Å². The second kappa shape index (κ2) is 69.3. The maximum absolute atomic E-state index is 12.9. The highest BCUT2D eigenvalue weighted by Crippen LogP contribution is 2.18. The van der Waals surface area contributed by atoms with Gasteiger partial charge in [-0.2, -0.15) is 0 Å². The van der Waals surface area contributed by atoms with E-state index in [1.165, 1.54) is 250 Å². The molecule has 0 fully saturated rings. The molecule has 81 heavy (non-hydrogen) atoms. The van der Waals surface area contributed by atoms with E-state index < -0.39 is 6.10 Å². The summed E-state index contributed by atoms with van der Waals surface area (Å²) in [7, 11) is 0. The highest BCUT2D eigenvalue weighted by atomic mass is 16.6. The molecule has 0 saturated carbocycles. The van der Waals surface area contributed by atoms with Gasteiger partial charge >= 0.3 is 17.9 Å². The lowest BCUT2D eigenvalue weighted by molar-refractivity contribution is -0.166. The van der Waals surface area contributed by atoms with E-state index in [1.807, 2.05) is 6.08 Å². The third-order valence-electron chi connectivity index (χ3n) is 15.7. The SMILES string of the molecule is CC/C=C\C/C=C\C/C=C\C/C=C\CCC(=O)OCC(COC(=O)CCCCCCCCCCCCCCC/C=C\C/C=C\CCCCCCC)OC(=O)CCCCCCCCCCCCCCCCCCCCCCCCCCC. The highest BCUT2D eigenvalue weighted by molar-refractivity contribution is 5.71. The van der Waals surface area contributed by atoms with Crippen LogP contribution in [-0.4, -0.2) is 37.2 Å². The molecule has 470 valence electrons. The average Bonchev–Trinajstić information content (AvgIpc) is 3.46. The summed E-state index contributed by atoms with van der Waals surface area (Å²) in [5, 5.41) is 0. The van der Waals surface area contributed by atoms with Gasteiger partial charge in [-0.15, -0.1) is 0 Å². The lowest BCUT2D eigenvalue weighted by Gasteiger charge is -2.18. The smallest absolute Gasteiger partial charge is 0.306 e. The van der Waals surface area contributed by atoms with Crippen molar-refractivity contribution in [3.63, 3.8) is 0 Å². The average molecular weight is 1130 g/mol. The minimum absolute atomic E-state index is 0.0943. The Morgan fingerprint density at radius 2 is 0.506 bits per heavy atom. The summed E-state index contributed by atoms with van der Waals surface area (Å²) in [5.41, 5.74) is 0. The maximum Gasteiger partial charge on any atom is 0.306 e. The topological polar surface area (TPSA) is 78.9 Å². The lowest BCUT2D eigenvalue weighted by atomic mass is 10.0. The van der Waals surface area contributed by atoms with E-state index in [0.717, 1.165) is 70.6 Å². The third kappa shape index (κ3) is 67.5. The molecule has 0 rings (SSSR count). The maximum atomic E-state index is 12.9. The molecule has 0 N–H and O–H groups in total. The first-order valence-electron chi connectivity index (χ1n) is 35.4. The van der Waals surface area contributed by atoms with Gasteiger partial charge in [-0.25, -0.2) is 0 Å². The highest BCUT2D eigenvalue weighted by Gasteiger charge is 2.19. The number of rotatable bonds is 65. The van der Waals surface area contributed by atoms with Crippen LogP contribution in [0.3, 0.4) is 0 Å². The van der Waals surface area contributed by atoms with E-state index in [0.29, 0.717) is 19.3 Å². The molecule has 6 nitrogen and oxygen atoms in total. The van der Waals surface area contributed by atoms with Crippen LogP contribution in [0.25, 0.3) is 0 Å². The van der Waals surface area contributed by atoms with Gasteiger partial charge in [0.25, 0.3) is 0 Å². The van der Waals surface area contributed by atoms with Crippen LogP contribution in [0.15, 0.2) is 72.9 Å². The molecule has 0 spiro atoms. The van der Waals surface area contributed by atoms with Crippen molar-refractivity contribution in [1.82, 2.24) is 0 Å². The Bertz CT molecular complexity index is 1490. The predicted molar refractivity (Wildman–Crippen MR) is 353 cm³/mol. The molecule has 0 saturated heterocycles. The second-order valence-electron chi connectivity index (χ2n) is 23.8. The van der Waals surface area contributed by atoms with Crippen LogP contribution in [0, 0.1) is 0 Å². The van der Waals surface area contributed by atoms with Crippen LogP contribution in [-0.2, 0) is 28.6 Å². The number of allylic oxidation sites excluding steroid dienone is 12. The second-order valence-corrected chi connectivity index (χ2v) is 23.8. The van der Waals surface area contributed by atoms with Gasteiger partial charge in [0, 0.05) is 19.3 Å². The van der Waals surface area contributed by atoms with Crippen LogP contribution in [0.2, 0.25) is 0 Å². The fourth-order valence-corrected chi connectivity index (χ4v) is 10.4. The Morgan fingerprint density at radius 1 is 0.259 bits per heavy atom. The monoisotopic (exact) mass is 1130 g/mol. The van der Waals surface area contributed by atoms with E-state index in [2.05, 4.69) is 87.6 Å². The normalized spacial score (nSPS) is 12.5. The van der Waals surface area contributed by atoms with E-state index >= 15 is 0 Å². The summed E-state index contributed by atoms with van der Waals surface area (Å²) in [6.07, 6.45) is 91.0. The van der Waals surface area contributed by atoms with Crippen molar-refractivity contribution in [2.75, 3.05) is 13.2 Å². The third-order valence-corrected chi connectivity index (χ3v) is 15.7. The van der Waals surface area contributed by atoms with Gasteiger partial charge in [0.05, 0.1) is 0 Å². The van der Waals surface area contributed by atoms with Crippen LogP contribution < -0.4 is 0 Å². The lowest BCUT2D eigenvalue weighted by Crippen LogP contribution is -2.30. The summed E-state index contributed by atoms with van der Waals surface area (Å²) in [4.78, 5) is 38.4. The first kappa shape index (κ1) is 77.9. The number of carbonyl (C=O) groups excluding carboxylic acids is 3. The molecule has 0 bridgehead atoms. The molecule has 0 radical (unpaired) electrons. The largest absolute Gasteiger partial charge is 0.462 e. The molecule has 0 aliphatic heterocycles. The molecular weight excluding hydrogens is 997 g/mol. The molecule has 1 atom stereocenters. The Balaban J connectivity index is 4.27. The number of esters is 3. The van der Waals surface area contributed by atoms with Crippen molar-refractivity contribution in [1.29, 1.82) is 0 Å². The van der Waals surface area contributed by atoms with Gasteiger partial charge < -0.3 is 14.2 Å². The van der Waals surface area contributed by atoms with Gasteiger partial charge in [-0.3, -0.25) is 14.4 Å². The van der Waals surface area contributed by atoms with Crippen molar-refractivity contribution in [3.05, 3.63) is 72.9 Å². The Kier molecular flexibility index (Phi) is 66.6. The summed E-state index contributed by atoms with van der Waals surface area (Å²) >= 11 is 0. The summed E-state index contributed by atoms with van der Waals surface area (Å²) in [6, 6.07) is 0. The van der Waals surface area contributed by atoms with Crippen molar-refractivity contribution in [2.24, 2.45) is 0 Å². The van der Waals surface area contributed by atoms with Gasteiger partial charge in [0.2, 0.25) is 0 Å².